The third-order valence-electron chi connectivity index (χ3n) is 1.90. The number of aliphatic hydroxyl groups excluding tert-OH is 1. The van der Waals surface area contributed by atoms with E-state index in [1.165, 1.54) is 0 Å². The molecule has 0 aliphatic rings. The first-order valence-electron chi connectivity index (χ1n) is 3.95. The molecular weight excluding hydrogens is 186 g/mol. The van der Waals surface area contributed by atoms with E-state index in [1.54, 1.807) is 24.3 Å². The van der Waals surface area contributed by atoms with Gasteiger partial charge in [-0.3, -0.25) is 0 Å². The number of hydrogen-bond acceptors (Lipinski definition) is 4. The lowest BCUT2D eigenvalue weighted by Crippen LogP contribution is -2.10. The number of carboxylic acids is 1. The summed E-state index contributed by atoms with van der Waals surface area (Å²) in [5.41, 5.74) is 0.496. The van der Waals surface area contributed by atoms with Gasteiger partial charge < -0.3 is 14.7 Å². The Kier molecular flexibility index (Phi) is 1.94. The molecule has 0 bridgehead atoms. The van der Waals surface area contributed by atoms with Gasteiger partial charge in [0.2, 0.25) is 0 Å². The molecule has 0 amide bonds. The van der Waals surface area contributed by atoms with Gasteiger partial charge in [-0.15, -0.1) is 0 Å². The molecule has 72 valence electrons. The van der Waals surface area contributed by atoms with Crippen LogP contribution in [0, 0.1) is 0 Å². The number of nitrogens with zero attached hydrogens (tertiary/aromatic N) is 1. The van der Waals surface area contributed by atoms with Crippen LogP contribution in [0.1, 0.15) is 11.8 Å². The van der Waals surface area contributed by atoms with Gasteiger partial charge in [0.05, 0.1) is 0 Å². The van der Waals surface area contributed by atoms with Gasteiger partial charge in [0.15, 0.2) is 11.7 Å². The van der Waals surface area contributed by atoms with Crippen LogP contribution in [0.15, 0.2) is 28.8 Å². The van der Waals surface area contributed by atoms with Crippen LogP contribution in [-0.4, -0.2) is 21.3 Å². The number of aliphatic hydroxyl groups is 1. The largest absolute Gasteiger partial charge is 0.479 e. The number of benzene rings is 1. The predicted molar refractivity (Wildman–Crippen MR) is 46.6 cm³/mol. The second kappa shape index (κ2) is 3.12. The zero-order valence-corrected chi connectivity index (χ0v) is 7.04. The Labute approximate surface area is 78.6 Å². The van der Waals surface area contributed by atoms with E-state index in [9.17, 15) is 9.90 Å². The number of carbonyl (C=O) groups is 1. The average Bonchev–Trinajstić information content (AvgIpc) is 2.60. The van der Waals surface area contributed by atoms with Crippen molar-refractivity contribution < 1.29 is 19.5 Å². The van der Waals surface area contributed by atoms with Crippen molar-refractivity contribution in [3.05, 3.63) is 30.0 Å². The molecule has 0 saturated carbocycles. The molecule has 5 heteroatoms. The third kappa shape index (κ3) is 1.23. The molecule has 2 N–H and O–H groups in total. The number of aliphatic carboxylic acids is 1. The summed E-state index contributed by atoms with van der Waals surface area (Å²) < 4.78 is 4.85. The highest BCUT2D eigenvalue weighted by atomic mass is 16.5. The molecule has 0 saturated heterocycles. The Morgan fingerprint density at radius 2 is 2.14 bits per heavy atom. The molecular formula is C9H7NO4. The standard InChI is InChI=1S/C9H7NO4/c11-8(9(12)13)7-5-3-1-2-4-6(5)14-10-7/h1-4,8,11H,(H,12,13). The van der Waals surface area contributed by atoms with E-state index >= 15 is 0 Å². The summed E-state index contributed by atoms with van der Waals surface area (Å²) in [6.45, 7) is 0. The molecule has 14 heavy (non-hydrogen) atoms. The number of hydrogen-bond donors (Lipinski definition) is 2. The minimum absolute atomic E-state index is 0.0353. The Balaban J connectivity index is 2.58. The minimum atomic E-state index is -1.64. The zero-order chi connectivity index (χ0) is 10.1. The van der Waals surface area contributed by atoms with Gasteiger partial charge >= 0.3 is 5.97 Å². The Bertz CT molecular complexity index is 476. The quantitative estimate of drug-likeness (QED) is 0.741. The summed E-state index contributed by atoms with van der Waals surface area (Å²) in [5, 5.41) is 21.9. The highest BCUT2D eigenvalue weighted by Gasteiger charge is 2.22. The predicted octanol–water partition coefficient (Wildman–Crippen LogP) is 0.946. The number of aromatic nitrogens is 1. The molecule has 0 aliphatic heterocycles. The summed E-state index contributed by atoms with van der Waals surface area (Å²) in [7, 11) is 0. The highest BCUT2D eigenvalue weighted by Crippen LogP contribution is 2.23. The smallest absolute Gasteiger partial charge is 0.339 e. The first kappa shape index (κ1) is 8.71. The second-order valence-electron chi connectivity index (χ2n) is 2.80. The molecule has 0 radical (unpaired) electrons. The Morgan fingerprint density at radius 1 is 1.43 bits per heavy atom. The van der Waals surface area contributed by atoms with E-state index < -0.39 is 12.1 Å². The minimum Gasteiger partial charge on any atom is -0.479 e. The second-order valence-corrected chi connectivity index (χ2v) is 2.80. The summed E-state index contributed by atoms with van der Waals surface area (Å²) >= 11 is 0. The molecule has 1 aromatic carbocycles. The van der Waals surface area contributed by atoms with Crippen molar-refractivity contribution in [1.82, 2.24) is 5.16 Å². The highest BCUT2D eigenvalue weighted by molar-refractivity contribution is 5.85. The van der Waals surface area contributed by atoms with Crippen molar-refractivity contribution in [3.8, 4) is 0 Å². The van der Waals surface area contributed by atoms with Gasteiger partial charge in [-0.25, -0.2) is 4.79 Å². The van der Waals surface area contributed by atoms with Crippen molar-refractivity contribution >= 4 is 16.9 Å². The molecule has 0 aliphatic carbocycles. The van der Waals surface area contributed by atoms with E-state index in [4.69, 9.17) is 9.63 Å². The summed E-state index contributed by atoms with van der Waals surface area (Å²) in [6.07, 6.45) is -1.64. The van der Waals surface area contributed by atoms with Gasteiger partial charge in [0.1, 0.15) is 5.69 Å². The number of carboxylic acid groups (broad SMARTS) is 1. The van der Waals surface area contributed by atoms with Gasteiger partial charge in [-0.05, 0) is 12.1 Å². The van der Waals surface area contributed by atoms with E-state index in [0.29, 0.717) is 11.0 Å². The van der Waals surface area contributed by atoms with Crippen LogP contribution in [0.25, 0.3) is 11.0 Å². The summed E-state index contributed by atoms with van der Waals surface area (Å²) in [6, 6.07) is 6.76. The zero-order valence-electron chi connectivity index (χ0n) is 7.04. The van der Waals surface area contributed by atoms with E-state index in [2.05, 4.69) is 5.16 Å². The Hall–Kier alpha value is -1.88. The van der Waals surface area contributed by atoms with Crippen LogP contribution in [-0.2, 0) is 4.79 Å². The van der Waals surface area contributed by atoms with Crippen LogP contribution in [0.4, 0.5) is 0 Å². The van der Waals surface area contributed by atoms with Crippen molar-refractivity contribution in [1.29, 1.82) is 0 Å². The fourth-order valence-corrected chi connectivity index (χ4v) is 1.22. The van der Waals surface area contributed by atoms with Gasteiger partial charge in [-0.2, -0.15) is 0 Å². The van der Waals surface area contributed by atoms with Crippen LogP contribution in [0.5, 0.6) is 0 Å². The maximum Gasteiger partial charge on any atom is 0.339 e. The number of rotatable bonds is 2. The first-order chi connectivity index (χ1) is 6.70. The molecule has 1 atom stereocenters. The molecule has 0 fully saturated rings. The average molecular weight is 193 g/mol. The molecule has 1 aromatic heterocycles. The molecule has 5 nitrogen and oxygen atoms in total. The van der Waals surface area contributed by atoms with Crippen LogP contribution in [0.2, 0.25) is 0 Å². The topological polar surface area (TPSA) is 83.6 Å². The third-order valence-corrected chi connectivity index (χ3v) is 1.90. The number of para-hydroxylation sites is 1. The molecule has 1 heterocycles. The summed E-state index contributed by atoms with van der Waals surface area (Å²) in [5.74, 6) is -1.34. The van der Waals surface area contributed by atoms with Gasteiger partial charge in [0, 0.05) is 5.39 Å². The van der Waals surface area contributed by atoms with E-state index in [1.807, 2.05) is 0 Å². The Morgan fingerprint density at radius 3 is 2.86 bits per heavy atom. The van der Waals surface area contributed by atoms with Crippen LogP contribution >= 0.6 is 0 Å². The normalized spacial score (nSPS) is 12.9. The van der Waals surface area contributed by atoms with Crippen molar-refractivity contribution in [3.63, 3.8) is 0 Å². The lowest BCUT2D eigenvalue weighted by molar-refractivity contribution is -0.147. The molecule has 2 aromatic rings. The number of fused-ring (bicyclic) bond motifs is 1. The van der Waals surface area contributed by atoms with Crippen molar-refractivity contribution in [2.75, 3.05) is 0 Å². The lowest BCUT2D eigenvalue weighted by Gasteiger charge is -1.99. The fourth-order valence-electron chi connectivity index (χ4n) is 1.22. The van der Waals surface area contributed by atoms with E-state index in [-0.39, 0.29) is 5.69 Å². The monoisotopic (exact) mass is 193 g/mol. The van der Waals surface area contributed by atoms with E-state index in [0.717, 1.165) is 0 Å². The van der Waals surface area contributed by atoms with Gasteiger partial charge in [0.25, 0.3) is 0 Å². The van der Waals surface area contributed by atoms with Crippen molar-refractivity contribution in [2.24, 2.45) is 0 Å². The molecule has 0 spiro atoms. The van der Waals surface area contributed by atoms with Gasteiger partial charge in [-0.1, -0.05) is 17.3 Å². The van der Waals surface area contributed by atoms with Crippen molar-refractivity contribution in [2.45, 2.75) is 6.10 Å². The van der Waals surface area contributed by atoms with Crippen LogP contribution in [0.3, 0.4) is 0 Å². The van der Waals surface area contributed by atoms with Crippen LogP contribution < -0.4 is 0 Å². The first-order valence-corrected chi connectivity index (χ1v) is 3.95. The summed E-state index contributed by atoms with van der Waals surface area (Å²) in [4.78, 5) is 10.5. The lowest BCUT2D eigenvalue weighted by atomic mass is 10.1. The maximum atomic E-state index is 10.5. The SMILES string of the molecule is O=C(O)C(O)c1noc2ccccc12. The molecule has 1 unspecified atom stereocenters. The fraction of sp³-hybridized carbons (Fsp3) is 0.111. The molecule has 2 rings (SSSR count). The maximum absolute atomic E-state index is 10.5.